The van der Waals surface area contributed by atoms with E-state index in [0.717, 1.165) is 25.3 Å². The van der Waals surface area contributed by atoms with Crippen molar-refractivity contribution in [3.05, 3.63) is 11.6 Å². The smallest absolute Gasteiger partial charge is 0.410 e. The van der Waals surface area contributed by atoms with Gasteiger partial charge in [-0.05, 0) is 138 Å². The van der Waals surface area contributed by atoms with Gasteiger partial charge < -0.3 is 14.7 Å². The highest BCUT2D eigenvalue weighted by molar-refractivity contribution is 5.69. The number of amides is 1. The largest absolute Gasteiger partial charge is 0.444 e. The molecule has 0 aromatic carbocycles. The molecule has 9 atom stereocenters. The third-order valence-electron chi connectivity index (χ3n) is 14.0. The standard InChI is InChI=1S/C35H59NO3/c1-23-14-18-35(22-37)20-19-33(9)25(28(35)24(23)2)12-13-27-32(8)16-11-21-36(29(38)39-30(3,4)5)31(6,7)26(32)15-17-34(27,33)10/h12,23-24,26-28,37H,11,13-22H2,1-10H3/t23-,24+,26+,27-,28+,32+,33-,34-,35-/m1/s1. The molecule has 3 saturated carbocycles. The van der Waals surface area contributed by atoms with Crippen molar-refractivity contribution in [2.45, 2.75) is 138 Å². The second-order valence-corrected chi connectivity index (χ2v) is 17.1. The number of aliphatic hydroxyl groups excluding tert-OH is 1. The molecule has 0 spiro atoms. The summed E-state index contributed by atoms with van der Waals surface area (Å²) in [6.07, 6.45) is 13.1. The maximum atomic E-state index is 13.5. The Kier molecular flexibility index (Phi) is 6.98. The molecule has 1 heterocycles. The number of rotatable bonds is 1. The molecule has 0 aromatic rings. The van der Waals surface area contributed by atoms with E-state index in [1.165, 1.54) is 44.9 Å². The second-order valence-electron chi connectivity index (χ2n) is 17.1. The first-order valence-corrected chi connectivity index (χ1v) is 16.3. The van der Waals surface area contributed by atoms with Gasteiger partial charge in [-0.2, -0.15) is 0 Å². The Morgan fingerprint density at radius 2 is 1.69 bits per heavy atom. The van der Waals surface area contributed by atoms with Crippen molar-refractivity contribution in [1.82, 2.24) is 4.90 Å². The first-order valence-electron chi connectivity index (χ1n) is 16.3. The number of aliphatic hydroxyl groups is 1. The quantitative estimate of drug-likeness (QED) is 0.338. The molecule has 1 aliphatic heterocycles. The van der Waals surface area contributed by atoms with E-state index in [9.17, 15) is 9.90 Å². The summed E-state index contributed by atoms with van der Waals surface area (Å²) in [4.78, 5) is 15.6. The Bertz CT molecular complexity index is 1010. The average Bonchev–Trinajstić information content (AvgIpc) is 2.93. The SMILES string of the molecule is C[C@H]1[C@H](C)CC[C@]2(CO)CC[C@]3(C)C(=CC[C@@H]4[C@@]5(C)CCCN(C(=O)OC(C)(C)C)C(C)(C)[C@@H]5CC[C@]43C)[C@H]12. The Morgan fingerprint density at radius 3 is 2.33 bits per heavy atom. The summed E-state index contributed by atoms with van der Waals surface area (Å²) in [7, 11) is 0. The van der Waals surface area contributed by atoms with E-state index >= 15 is 0 Å². The zero-order valence-electron chi connectivity index (χ0n) is 27.0. The number of carbonyl (C=O) groups is 1. The van der Waals surface area contributed by atoms with Crippen molar-refractivity contribution < 1.29 is 14.6 Å². The fourth-order valence-corrected chi connectivity index (χ4v) is 11.5. The predicted octanol–water partition coefficient (Wildman–Crippen LogP) is 8.63. The van der Waals surface area contributed by atoms with Gasteiger partial charge in [0.15, 0.2) is 0 Å². The molecule has 0 radical (unpaired) electrons. The van der Waals surface area contributed by atoms with Gasteiger partial charge in [0, 0.05) is 24.1 Å². The molecule has 222 valence electrons. The zero-order chi connectivity index (χ0) is 28.8. The topological polar surface area (TPSA) is 49.8 Å². The zero-order valence-corrected chi connectivity index (χ0v) is 27.0. The van der Waals surface area contributed by atoms with Gasteiger partial charge in [-0.15, -0.1) is 0 Å². The number of allylic oxidation sites excluding steroid dienone is 2. The normalized spacial score (nSPS) is 47.5. The predicted molar refractivity (Wildman–Crippen MR) is 159 cm³/mol. The van der Waals surface area contributed by atoms with Crippen LogP contribution in [0.1, 0.15) is 127 Å². The van der Waals surface area contributed by atoms with E-state index in [0.29, 0.717) is 30.3 Å². The summed E-state index contributed by atoms with van der Waals surface area (Å²) in [5.74, 6) is 2.92. The average molecular weight is 542 g/mol. The number of ether oxygens (including phenoxy) is 1. The first kappa shape index (κ1) is 29.5. The molecule has 0 unspecified atom stereocenters. The summed E-state index contributed by atoms with van der Waals surface area (Å²) < 4.78 is 5.94. The third-order valence-corrected chi connectivity index (χ3v) is 14.0. The molecule has 5 aliphatic rings. The minimum atomic E-state index is -0.481. The molecule has 0 aromatic heterocycles. The summed E-state index contributed by atoms with van der Waals surface area (Å²) in [5, 5.41) is 10.8. The molecular weight excluding hydrogens is 482 g/mol. The van der Waals surface area contributed by atoms with Gasteiger partial charge in [0.2, 0.25) is 0 Å². The van der Waals surface area contributed by atoms with Crippen LogP contribution in [0, 0.1) is 51.2 Å². The summed E-state index contributed by atoms with van der Waals surface area (Å²) in [6, 6.07) is 0. The minimum absolute atomic E-state index is 0.0831. The number of hydrogen-bond donors (Lipinski definition) is 1. The lowest BCUT2D eigenvalue weighted by Crippen LogP contribution is -2.65. The van der Waals surface area contributed by atoms with E-state index < -0.39 is 5.60 Å². The number of hydrogen-bond acceptors (Lipinski definition) is 3. The van der Waals surface area contributed by atoms with Gasteiger partial charge in [0.05, 0.1) is 0 Å². The third kappa shape index (κ3) is 4.10. The van der Waals surface area contributed by atoms with E-state index in [4.69, 9.17) is 4.74 Å². The number of carbonyl (C=O) groups excluding carboxylic acids is 1. The second kappa shape index (κ2) is 9.23. The maximum Gasteiger partial charge on any atom is 0.410 e. The summed E-state index contributed by atoms with van der Waals surface area (Å²) in [6.45, 7) is 24.5. The maximum absolute atomic E-state index is 13.5. The Labute approximate surface area is 239 Å². The monoisotopic (exact) mass is 541 g/mol. The van der Waals surface area contributed by atoms with Crippen molar-refractivity contribution >= 4 is 6.09 Å². The van der Waals surface area contributed by atoms with Crippen molar-refractivity contribution in [3.8, 4) is 0 Å². The molecule has 5 rings (SSSR count). The van der Waals surface area contributed by atoms with Crippen LogP contribution in [-0.2, 0) is 4.74 Å². The van der Waals surface area contributed by atoms with Crippen LogP contribution in [-0.4, -0.2) is 40.4 Å². The Morgan fingerprint density at radius 1 is 1.00 bits per heavy atom. The van der Waals surface area contributed by atoms with E-state index in [1.54, 1.807) is 5.57 Å². The van der Waals surface area contributed by atoms with Gasteiger partial charge in [-0.25, -0.2) is 4.79 Å². The highest BCUT2D eigenvalue weighted by Gasteiger charge is 2.68. The Hall–Kier alpha value is -1.03. The highest BCUT2D eigenvalue weighted by Crippen LogP contribution is 2.74. The van der Waals surface area contributed by atoms with Gasteiger partial charge in [-0.3, -0.25) is 0 Å². The van der Waals surface area contributed by atoms with Crippen LogP contribution in [0.2, 0.25) is 0 Å². The molecular formula is C35H59NO3. The van der Waals surface area contributed by atoms with Crippen molar-refractivity contribution in [2.75, 3.05) is 13.2 Å². The molecule has 4 heteroatoms. The molecule has 1 saturated heterocycles. The molecule has 0 bridgehead atoms. The van der Waals surface area contributed by atoms with Gasteiger partial charge >= 0.3 is 6.09 Å². The molecule has 4 fully saturated rings. The van der Waals surface area contributed by atoms with Gasteiger partial charge in [0.1, 0.15) is 5.60 Å². The van der Waals surface area contributed by atoms with E-state index in [1.807, 2.05) is 20.8 Å². The molecule has 4 aliphatic carbocycles. The highest BCUT2D eigenvalue weighted by atomic mass is 16.6. The molecule has 39 heavy (non-hydrogen) atoms. The van der Waals surface area contributed by atoms with Crippen LogP contribution in [0.25, 0.3) is 0 Å². The summed E-state index contributed by atoms with van der Waals surface area (Å²) >= 11 is 0. The van der Waals surface area contributed by atoms with E-state index in [2.05, 4.69) is 59.4 Å². The van der Waals surface area contributed by atoms with Crippen molar-refractivity contribution in [3.63, 3.8) is 0 Å². The lowest BCUT2D eigenvalue weighted by molar-refractivity contribution is -0.169. The van der Waals surface area contributed by atoms with Crippen LogP contribution in [0.4, 0.5) is 4.79 Å². The summed E-state index contributed by atoms with van der Waals surface area (Å²) in [5.41, 5.74) is 1.67. The molecule has 1 amide bonds. The van der Waals surface area contributed by atoms with Crippen LogP contribution in [0.3, 0.4) is 0 Å². The van der Waals surface area contributed by atoms with Crippen molar-refractivity contribution in [2.24, 2.45) is 51.2 Å². The fourth-order valence-electron chi connectivity index (χ4n) is 11.5. The Balaban J connectivity index is 1.53. The number of nitrogens with zero attached hydrogens (tertiary/aromatic N) is 1. The molecule has 4 nitrogen and oxygen atoms in total. The lowest BCUT2D eigenvalue weighted by Gasteiger charge is -2.70. The van der Waals surface area contributed by atoms with Crippen LogP contribution < -0.4 is 0 Å². The van der Waals surface area contributed by atoms with Gasteiger partial charge in [-0.1, -0.05) is 46.3 Å². The van der Waals surface area contributed by atoms with Crippen molar-refractivity contribution in [1.29, 1.82) is 0 Å². The molecule has 1 N–H and O–H groups in total. The fraction of sp³-hybridized carbons (Fsp3) is 0.914. The van der Waals surface area contributed by atoms with Crippen LogP contribution in [0.5, 0.6) is 0 Å². The number of likely N-dealkylation sites (tertiary alicyclic amines) is 1. The lowest BCUT2D eigenvalue weighted by atomic mass is 9.34. The number of fused-ring (bicyclic) bond motifs is 7. The minimum Gasteiger partial charge on any atom is -0.444 e. The van der Waals surface area contributed by atoms with Gasteiger partial charge in [0.25, 0.3) is 0 Å². The first-order chi connectivity index (χ1) is 18.0. The van der Waals surface area contributed by atoms with Crippen LogP contribution >= 0.6 is 0 Å². The van der Waals surface area contributed by atoms with E-state index in [-0.39, 0.29) is 33.3 Å². The van der Waals surface area contributed by atoms with Crippen LogP contribution in [0.15, 0.2) is 11.6 Å².